The normalized spacial score (nSPS) is 23.6. The van der Waals surface area contributed by atoms with Crippen LogP contribution < -0.4 is 20.4 Å². The molecule has 6 rings (SSSR count). The third kappa shape index (κ3) is 5.46. The zero-order valence-corrected chi connectivity index (χ0v) is 22.7. The van der Waals surface area contributed by atoms with Crippen molar-refractivity contribution in [1.29, 1.82) is 0 Å². The predicted octanol–water partition coefficient (Wildman–Crippen LogP) is 3.21. The zero-order valence-electron chi connectivity index (χ0n) is 22.7. The van der Waals surface area contributed by atoms with Gasteiger partial charge >= 0.3 is 0 Å². The highest BCUT2D eigenvalue weighted by Gasteiger charge is 2.30. The Labute approximate surface area is 232 Å². The van der Waals surface area contributed by atoms with Gasteiger partial charge in [-0.15, -0.1) is 0 Å². The predicted molar refractivity (Wildman–Crippen MR) is 148 cm³/mol. The molecule has 2 aliphatic heterocycles. The molecular formula is C28H36F2N8O2. The average molecular weight is 555 g/mol. The van der Waals surface area contributed by atoms with Crippen molar-refractivity contribution in [2.24, 2.45) is 0 Å². The van der Waals surface area contributed by atoms with Crippen molar-refractivity contribution < 1.29 is 18.3 Å². The van der Waals surface area contributed by atoms with E-state index in [-0.39, 0.29) is 29.9 Å². The molecule has 1 aromatic carbocycles. The van der Waals surface area contributed by atoms with Crippen LogP contribution in [0.1, 0.15) is 50.8 Å². The van der Waals surface area contributed by atoms with Gasteiger partial charge in [0.15, 0.2) is 5.82 Å². The molecule has 10 nitrogen and oxygen atoms in total. The molecule has 2 N–H and O–H groups in total. The molecule has 0 unspecified atom stereocenters. The van der Waals surface area contributed by atoms with E-state index < -0.39 is 6.43 Å². The lowest BCUT2D eigenvalue weighted by Crippen LogP contribution is -2.48. The summed E-state index contributed by atoms with van der Waals surface area (Å²) >= 11 is 0. The first-order valence-electron chi connectivity index (χ1n) is 14.2. The van der Waals surface area contributed by atoms with Gasteiger partial charge in [-0.25, -0.2) is 13.8 Å². The summed E-state index contributed by atoms with van der Waals surface area (Å²) in [5, 5.41) is 6.49. The summed E-state index contributed by atoms with van der Waals surface area (Å²) in [6, 6.07) is 9.13. The topological polar surface area (TPSA) is 100 Å². The van der Waals surface area contributed by atoms with Gasteiger partial charge in [0.2, 0.25) is 11.9 Å². The molecular weight excluding hydrogens is 518 g/mol. The summed E-state index contributed by atoms with van der Waals surface area (Å²) in [7, 11) is 1.97. The molecule has 2 aromatic heterocycles. The van der Waals surface area contributed by atoms with Crippen LogP contribution in [-0.2, 0) is 9.53 Å². The molecule has 0 radical (unpaired) electrons. The van der Waals surface area contributed by atoms with E-state index in [1.807, 2.05) is 13.1 Å². The molecule has 1 aliphatic carbocycles. The van der Waals surface area contributed by atoms with Crippen LogP contribution in [0, 0.1) is 0 Å². The molecule has 40 heavy (non-hydrogen) atoms. The average Bonchev–Trinajstić information content (AvgIpc) is 3.66. The van der Waals surface area contributed by atoms with Gasteiger partial charge in [0, 0.05) is 38.3 Å². The van der Waals surface area contributed by atoms with Crippen LogP contribution in [0.2, 0.25) is 0 Å². The van der Waals surface area contributed by atoms with Crippen molar-refractivity contribution in [3.8, 4) is 5.82 Å². The highest BCUT2D eigenvalue weighted by atomic mass is 19.3. The summed E-state index contributed by atoms with van der Waals surface area (Å²) in [6.07, 6.45) is 2.64. The smallest absolute Gasteiger partial charge is 0.296 e. The molecule has 214 valence electrons. The van der Waals surface area contributed by atoms with Crippen molar-refractivity contribution >= 4 is 28.7 Å². The number of imidazole rings is 1. The van der Waals surface area contributed by atoms with E-state index >= 15 is 0 Å². The number of carbonyl (C=O) groups is 1. The number of halogens is 2. The van der Waals surface area contributed by atoms with E-state index in [9.17, 15) is 13.6 Å². The third-order valence-corrected chi connectivity index (χ3v) is 8.32. The quantitative estimate of drug-likeness (QED) is 0.460. The number of anilines is 2. The standard InChI is InChI=1S/C28H36F2N8O2/c1-36(19-10-8-18(9-11-19)32-27(39)21-6-4-12-31-21)28-34-23(37-13-15-40-16-14-37)17-24(35-28)38-22-7-3-2-5-20(22)33-26(38)25(29)30/h2-3,5,7,17-19,21,25,31H,4,6,8-16H2,1H3,(H,32,39)/t18?,19?,21-/m1/s1. The molecule has 3 aromatic rings. The van der Waals surface area contributed by atoms with Gasteiger partial charge in [0.25, 0.3) is 6.43 Å². The molecule has 4 heterocycles. The fourth-order valence-corrected chi connectivity index (χ4v) is 6.05. The van der Waals surface area contributed by atoms with Crippen molar-refractivity contribution in [1.82, 2.24) is 30.2 Å². The number of hydrogen-bond acceptors (Lipinski definition) is 8. The van der Waals surface area contributed by atoms with Crippen LogP contribution >= 0.6 is 0 Å². The maximum atomic E-state index is 14.2. The summed E-state index contributed by atoms with van der Waals surface area (Å²) in [5.41, 5.74) is 1.07. The lowest BCUT2D eigenvalue weighted by Gasteiger charge is -2.36. The zero-order chi connectivity index (χ0) is 27.6. The molecule has 1 saturated carbocycles. The highest BCUT2D eigenvalue weighted by molar-refractivity contribution is 5.82. The number of alkyl halides is 2. The molecule has 1 amide bonds. The number of amides is 1. The number of morpholine rings is 1. The fraction of sp³-hybridized carbons (Fsp3) is 0.571. The summed E-state index contributed by atoms with van der Waals surface area (Å²) in [5.74, 6) is 1.29. The Morgan fingerprint density at radius 3 is 2.55 bits per heavy atom. The molecule has 0 bridgehead atoms. The largest absolute Gasteiger partial charge is 0.378 e. The molecule has 2 saturated heterocycles. The van der Waals surface area contributed by atoms with Crippen molar-refractivity contribution in [3.05, 3.63) is 36.2 Å². The third-order valence-electron chi connectivity index (χ3n) is 8.32. The maximum Gasteiger partial charge on any atom is 0.296 e. The molecule has 1 atom stereocenters. The summed E-state index contributed by atoms with van der Waals surface area (Å²) < 4.78 is 35.4. The lowest BCUT2D eigenvalue weighted by atomic mass is 9.90. The van der Waals surface area contributed by atoms with Crippen molar-refractivity contribution in [2.45, 2.75) is 63.1 Å². The minimum atomic E-state index is -2.76. The van der Waals surface area contributed by atoms with Crippen LogP contribution in [0.25, 0.3) is 16.9 Å². The number of ether oxygens (including phenoxy) is 1. The van der Waals surface area contributed by atoms with Crippen LogP contribution in [0.4, 0.5) is 20.5 Å². The van der Waals surface area contributed by atoms with E-state index in [1.54, 1.807) is 24.3 Å². The monoisotopic (exact) mass is 554 g/mol. The first kappa shape index (κ1) is 26.8. The Bertz CT molecular complexity index is 1330. The van der Waals surface area contributed by atoms with Crippen LogP contribution in [0.3, 0.4) is 0 Å². The van der Waals surface area contributed by atoms with Crippen LogP contribution in [0.5, 0.6) is 0 Å². The highest BCUT2D eigenvalue weighted by Crippen LogP contribution is 2.31. The Morgan fingerprint density at radius 2 is 1.82 bits per heavy atom. The van der Waals surface area contributed by atoms with Gasteiger partial charge in [-0.1, -0.05) is 12.1 Å². The second kappa shape index (κ2) is 11.6. The minimum absolute atomic E-state index is 0.0764. The number of aromatic nitrogens is 4. The van der Waals surface area contributed by atoms with Gasteiger partial charge in [0.05, 0.1) is 30.3 Å². The number of nitrogens with one attached hydrogen (secondary N) is 2. The lowest BCUT2D eigenvalue weighted by molar-refractivity contribution is -0.123. The van der Waals surface area contributed by atoms with Crippen molar-refractivity contribution in [2.75, 3.05) is 49.7 Å². The number of benzene rings is 1. The van der Waals surface area contributed by atoms with E-state index in [4.69, 9.17) is 14.7 Å². The number of para-hydroxylation sites is 2. The second-order valence-electron chi connectivity index (χ2n) is 10.9. The number of carbonyl (C=O) groups excluding carboxylic acids is 1. The van der Waals surface area contributed by atoms with Gasteiger partial charge < -0.3 is 25.2 Å². The van der Waals surface area contributed by atoms with Crippen LogP contribution in [0.15, 0.2) is 30.3 Å². The molecule has 3 aliphatic rings. The molecule has 3 fully saturated rings. The minimum Gasteiger partial charge on any atom is -0.378 e. The Hall–Kier alpha value is -3.38. The molecule has 12 heteroatoms. The van der Waals surface area contributed by atoms with Gasteiger partial charge in [0.1, 0.15) is 11.6 Å². The summed E-state index contributed by atoms with van der Waals surface area (Å²) in [4.78, 5) is 30.7. The van der Waals surface area contributed by atoms with E-state index in [1.165, 1.54) is 4.57 Å². The Balaban J connectivity index is 1.27. The van der Waals surface area contributed by atoms with Gasteiger partial charge in [-0.2, -0.15) is 9.97 Å². The number of nitrogens with zero attached hydrogens (tertiary/aromatic N) is 6. The first-order valence-corrected chi connectivity index (χ1v) is 14.2. The fourth-order valence-electron chi connectivity index (χ4n) is 6.05. The maximum absolute atomic E-state index is 14.2. The van der Waals surface area contributed by atoms with E-state index in [0.29, 0.717) is 54.9 Å². The van der Waals surface area contributed by atoms with Gasteiger partial charge in [-0.3, -0.25) is 9.36 Å². The van der Waals surface area contributed by atoms with Gasteiger partial charge in [-0.05, 0) is 57.2 Å². The molecule has 0 spiro atoms. The second-order valence-corrected chi connectivity index (χ2v) is 10.9. The Morgan fingerprint density at radius 1 is 1.07 bits per heavy atom. The Kier molecular flexibility index (Phi) is 7.79. The van der Waals surface area contributed by atoms with E-state index in [2.05, 4.69) is 25.4 Å². The number of rotatable bonds is 7. The number of hydrogen-bond donors (Lipinski definition) is 2. The van der Waals surface area contributed by atoms with Crippen LogP contribution in [-0.4, -0.2) is 83.4 Å². The SMILES string of the molecule is CN(c1nc(N2CCOCC2)cc(-n2c(C(F)F)nc3ccccc32)n1)C1CCC(NC(=O)[C@H]2CCCN2)CC1. The number of fused-ring (bicyclic) bond motifs is 1. The first-order chi connectivity index (χ1) is 19.5. The van der Waals surface area contributed by atoms with Crippen molar-refractivity contribution in [3.63, 3.8) is 0 Å². The van der Waals surface area contributed by atoms with E-state index in [0.717, 1.165) is 45.1 Å². The summed E-state index contributed by atoms with van der Waals surface area (Å²) in [6.45, 7) is 3.37.